The lowest BCUT2D eigenvalue weighted by molar-refractivity contribution is 0.292. The van der Waals surface area contributed by atoms with E-state index in [4.69, 9.17) is 0 Å². The van der Waals surface area contributed by atoms with Crippen LogP contribution in [0.1, 0.15) is 12.0 Å². The molecule has 0 aromatic heterocycles. The molecule has 2 atom stereocenters. The Morgan fingerprint density at radius 3 is 2.60 bits per heavy atom. The highest BCUT2D eigenvalue weighted by atomic mass is 19.1. The van der Waals surface area contributed by atoms with Crippen LogP contribution < -0.4 is 0 Å². The molecular formula is C12H13F2N. The maximum Gasteiger partial charge on any atom is 0.130 e. The summed E-state index contributed by atoms with van der Waals surface area (Å²) < 4.78 is 26.0. The highest BCUT2D eigenvalue weighted by molar-refractivity contribution is 5.19. The Hall–Kier alpha value is -0.960. The predicted octanol–water partition coefficient (Wildman–Crippen LogP) is 2.42. The number of likely N-dealkylation sites (tertiary alicyclic amines) is 1. The van der Waals surface area contributed by atoms with E-state index in [0.29, 0.717) is 12.1 Å². The topological polar surface area (TPSA) is 3.24 Å². The summed E-state index contributed by atoms with van der Waals surface area (Å²) in [5.74, 6) is 0.790. The van der Waals surface area contributed by atoms with E-state index in [1.54, 1.807) is 6.07 Å². The van der Waals surface area contributed by atoms with E-state index >= 15 is 0 Å². The first kappa shape index (κ1) is 9.28. The summed E-state index contributed by atoms with van der Waals surface area (Å²) in [7, 11) is 0. The highest BCUT2D eigenvalue weighted by Crippen LogP contribution is 2.45. The van der Waals surface area contributed by atoms with Crippen molar-refractivity contribution in [2.45, 2.75) is 13.0 Å². The van der Waals surface area contributed by atoms with Gasteiger partial charge >= 0.3 is 0 Å². The van der Waals surface area contributed by atoms with Crippen LogP contribution in [0, 0.1) is 23.5 Å². The summed E-state index contributed by atoms with van der Waals surface area (Å²) in [6, 6.07) is 3.84. The van der Waals surface area contributed by atoms with Crippen molar-refractivity contribution in [1.29, 1.82) is 0 Å². The first-order valence-electron chi connectivity index (χ1n) is 5.38. The molecule has 0 bridgehead atoms. The van der Waals surface area contributed by atoms with Gasteiger partial charge in [0.25, 0.3) is 0 Å². The molecule has 2 unspecified atom stereocenters. The van der Waals surface area contributed by atoms with E-state index in [1.807, 2.05) is 0 Å². The third-order valence-electron chi connectivity index (χ3n) is 3.46. The second kappa shape index (κ2) is 3.27. The second-order valence-corrected chi connectivity index (χ2v) is 4.69. The number of rotatable bonds is 2. The molecule has 1 nitrogen and oxygen atoms in total. The summed E-state index contributed by atoms with van der Waals surface area (Å²) in [6.07, 6.45) is 1.35. The van der Waals surface area contributed by atoms with Gasteiger partial charge in [-0.3, -0.25) is 4.90 Å². The van der Waals surface area contributed by atoms with Crippen molar-refractivity contribution >= 4 is 0 Å². The Morgan fingerprint density at radius 2 is 1.93 bits per heavy atom. The first-order chi connectivity index (χ1) is 7.22. The Balaban J connectivity index is 1.71. The molecule has 1 saturated heterocycles. The SMILES string of the molecule is Fc1ccc(CN2CC3CC3C2)c(F)c1. The van der Waals surface area contributed by atoms with Gasteiger partial charge in [0.05, 0.1) is 0 Å². The summed E-state index contributed by atoms with van der Waals surface area (Å²) in [6.45, 7) is 2.79. The van der Waals surface area contributed by atoms with E-state index in [9.17, 15) is 8.78 Å². The molecule has 3 rings (SSSR count). The Bertz CT molecular complexity index is 381. The largest absolute Gasteiger partial charge is 0.298 e. The Kier molecular flexibility index (Phi) is 2.02. The molecule has 1 aliphatic heterocycles. The third-order valence-corrected chi connectivity index (χ3v) is 3.46. The van der Waals surface area contributed by atoms with Crippen LogP contribution in [0.2, 0.25) is 0 Å². The van der Waals surface area contributed by atoms with Crippen LogP contribution in [-0.4, -0.2) is 18.0 Å². The molecule has 1 aromatic rings. The van der Waals surface area contributed by atoms with Gasteiger partial charge in [0, 0.05) is 31.3 Å². The van der Waals surface area contributed by atoms with Crippen LogP contribution in [0.25, 0.3) is 0 Å². The fourth-order valence-electron chi connectivity index (χ4n) is 2.52. The van der Waals surface area contributed by atoms with E-state index in [2.05, 4.69) is 4.90 Å². The monoisotopic (exact) mass is 209 g/mol. The first-order valence-corrected chi connectivity index (χ1v) is 5.38. The van der Waals surface area contributed by atoms with Gasteiger partial charge in [0.1, 0.15) is 11.6 Å². The quantitative estimate of drug-likeness (QED) is 0.723. The number of benzene rings is 1. The van der Waals surface area contributed by atoms with Gasteiger partial charge in [-0.25, -0.2) is 8.78 Å². The van der Waals surface area contributed by atoms with Gasteiger partial charge in [-0.05, 0) is 24.3 Å². The predicted molar refractivity (Wildman–Crippen MR) is 53.2 cm³/mol. The van der Waals surface area contributed by atoms with Crippen molar-refractivity contribution in [3.8, 4) is 0 Å². The summed E-state index contributed by atoms with van der Waals surface area (Å²) in [5, 5.41) is 0. The molecular weight excluding hydrogens is 196 g/mol. The number of fused-ring (bicyclic) bond motifs is 1. The van der Waals surface area contributed by atoms with Crippen molar-refractivity contribution in [2.75, 3.05) is 13.1 Å². The molecule has 1 heterocycles. The molecule has 2 aliphatic rings. The fraction of sp³-hybridized carbons (Fsp3) is 0.500. The van der Waals surface area contributed by atoms with Crippen LogP contribution in [0.5, 0.6) is 0 Å². The molecule has 1 aromatic carbocycles. The van der Waals surface area contributed by atoms with E-state index in [-0.39, 0.29) is 0 Å². The van der Waals surface area contributed by atoms with Gasteiger partial charge in [-0.1, -0.05) is 6.07 Å². The molecule has 1 aliphatic carbocycles. The molecule has 1 saturated carbocycles. The fourth-order valence-corrected chi connectivity index (χ4v) is 2.52. The molecule has 0 amide bonds. The molecule has 15 heavy (non-hydrogen) atoms. The van der Waals surface area contributed by atoms with Gasteiger partial charge in [-0.15, -0.1) is 0 Å². The van der Waals surface area contributed by atoms with Crippen LogP contribution >= 0.6 is 0 Å². The van der Waals surface area contributed by atoms with Crippen molar-refractivity contribution in [3.05, 3.63) is 35.4 Å². The zero-order valence-corrected chi connectivity index (χ0v) is 8.42. The summed E-state index contributed by atoms with van der Waals surface area (Å²) >= 11 is 0. The average Bonchev–Trinajstić information content (AvgIpc) is 2.79. The number of hydrogen-bond donors (Lipinski definition) is 0. The van der Waals surface area contributed by atoms with Crippen LogP contribution in [-0.2, 0) is 6.54 Å². The smallest absolute Gasteiger partial charge is 0.130 e. The van der Waals surface area contributed by atoms with Crippen LogP contribution in [0.3, 0.4) is 0 Å². The van der Waals surface area contributed by atoms with E-state index in [1.165, 1.54) is 12.5 Å². The maximum absolute atomic E-state index is 13.3. The van der Waals surface area contributed by atoms with Crippen LogP contribution in [0.15, 0.2) is 18.2 Å². The molecule has 0 N–H and O–H groups in total. The molecule has 80 valence electrons. The van der Waals surface area contributed by atoms with E-state index in [0.717, 1.165) is 31.0 Å². The van der Waals surface area contributed by atoms with Gasteiger partial charge in [0.15, 0.2) is 0 Å². The van der Waals surface area contributed by atoms with Crippen LogP contribution in [0.4, 0.5) is 8.78 Å². The average molecular weight is 209 g/mol. The lowest BCUT2D eigenvalue weighted by Gasteiger charge is -2.17. The van der Waals surface area contributed by atoms with Gasteiger partial charge in [-0.2, -0.15) is 0 Å². The Labute approximate surface area is 87.7 Å². The molecule has 2 fully saturated rings. The number of piperidine rings is 1. The summed E-state index contributed by atoms with van der Waals surface area (Å²) in [5.41, 5.74) is 0.609. The minimum absolute atomic E-state index is 0.421. The van der Waals surface area contributed by atoms with Gasteiger partial charge in [0.2, 0.25) is 0 Å². The normalized spacial score (nSPS) is 29.2. The lowest BCUT2D eigenvalue weighted by Crippen LogP contribution is -2.22. The van der Waals surface area contributed by atoms with E-state index < -0.39 is 11.6 Å². The highest BCUT2D eigenvalue weighted by Gasteiger charge is 2.44. The number of nitrogens with zero attached hydrogens (tertiary/aromatic N) is 1. The van der Waals surface area contributed by atoms with Gasteiger partial charge < -0.3 is 0 Å². The molecule has 0 spiro atoms. The maximum atomic E-state index is 13.3. The number of halogens is 2. The van der Waals surface area contributed by atoms with Crippen molar-refractivity contribution in [1.82, 2.24) is 4.90 Å². The van der Waals surface area contributed by atoms with Crippen molar-refractivity contribution < 1.29 is 8.78 Å². The second-order valence-electron chi connectivity index (χ2n) is 4.69. The van der Waals surface area contributed by atoms with Crippen molar-refractivity contribution in [3.63, 3.8) is 0 Å². The zero-order chi connectivity index (χ0) is 10.4. The lowest BCUT2D eigenvalue weighted by atomic mass is 10.2. The summed E-state index contributed by atoms with van der Waals surface area (Å²) in [4.78, 5) is 2.26. The minimum Gasteiger partial charge on any atom is -0.298 e. The Morgan fingerprint density at radius 1 is 1.20 bits per heavy atom. The van der Waals surface area contributed by atoms with Crippen molar-refractivity contribution in [2.24, 2.45) is 11.8 Å². The molecule has 0 radical (unpaired) electrons. The minimum atomic E-state index is -0.500. The standard InChI is InChI=1S/C12H13F2N/c13-11-2-1-8(12(14)4-11)5-15-6-9-3-10(9)7-15/h1-2,4,9-10H,3,5-7H2. The third kappa shape index (κ3) is 1.76. The zero-order valence-electron chi connectivity index (χ0n) is 8.42. The molecule has 3 heteroatoms. The number of hydrogen-bond acceptors (Lipinski definition) is 1.